The predicted octanol–water partition coefficient (Wildman–Crippen LogP) is 4.21. The smallest absolute Gasteiger partial charge is 0.210 e. The molecule has 2 rings (SSSR count). The van der Waals surface area contributed by atoms with Crippen molar-refractivity contribution in [2.24, 2.45) is 0 Å². The topological polar surface area (TPSA) is 46.2 Å². The molecule has 3 nitrogen and oxygen atoms in total. The summed E-state index contributed by atoms with van der Waals surface area (Å²) in [5, 5.41) is 0. The highest BCUT2D eigenvalue weighted by atomic mass is 127. The van der Waals surface area contributed by atoms with Crippen molar-refractivity contribution in [1.29, 1.82) is 0 Å². The number of alkyl halides is 1. The quantitative estimate of drug-likeness (QED) is 0.515. The molecule has 0 radical (unpaired) electrons. The Morgan fingerprint density at radius 1 is 1.10 bits per heavy atom. The fraction of sp³-hybridized carbons (Fsp3) is 0.200. The Labute approximate surface area is 147 Å². The lowest BCUT2D eigenvalue weighted by atomic mass is 10.2. The van der Waals surface area contributed by atoms with Gasteiger partial charge in [0, 0.05) is 14.9 Å². The Hall–Kier alpha value is -0.440. The zero-order valence-electron chi connectivity index (χ0n) is 11.4. The molecule has 1 N–H and O–H groups in total. The first-order chi connectivity index (χ1) is 9.88. The van der Waals surface area contributed by atoms with Gasteiger partial charge in [-0.2, -0.15) is 0 Å². The predicted molar refractivity (Wildman–Crippen MR) is 97.3 cm³/mol. The van der Waals surface area contributed by atoms with Crippen LogP contribution in [0.1, 0.15) is 15.1 Å². The number of nitrogens with one attached hydrogen (secondary N) is 1. The summed E-state index contributed by atoms with van der Waals surface area (Å²) in [6, 6.07) is 14.7. The Morgan fingerprint density at radius 3 is 2.24 bits per heavy atom. The lowest BCUT2D eigenvalue weighted by molar-refractivity contribution is 0.582. The molecule has 0 amide bonds. The van der Waals surface area contributed by atoms with Crippen molar-refractivity contribution in [3.8, 4) is 0 Å². The molecule has 0 aliphatic carbocycles. The van der Waals surface area contributed by atoms with Crippen LogP contribution < -0.4 is 4.72 Å². The minimum absolute atomic E-state index is 0.0796. The average Bonchev–Trinajstić information content (AvgIpc) is 2.46. The molecule has 6 heteroatoms. The lowest BCUT2D eigenvalue weighted by Crippen LogP contribution is -2.26. The van der Waals surface area contributed by atoms with Gasteiger partial charge in [-0.3, -0.25) is 0 Å². The fourth-order valence-electron chi connectivity index (χ4n) is 1.77. The highest BCUT2D eigenvalue weighted by molar-refractivity contribution is 14.1. The van der Waals surface area contributed by atoms with Gasteiger partial charge in [0.2, 0.25) is 10.0 Å². The summed E-state index contributed by atoms with van der Waals surface area (Å²) in [6.07, 6.45) is 0. The first-order valence-corrected chi connectivity index (χ1v) is 9.86. The highest BCUT2D eigenvalue weighted by Crippen LogP contribution is 2.24. The van der Waals surface area contributed by atoms with E-state index in [4.69, 9.17) is 0 Å². The number of aryl methyl sites for hydroxylation is 1. The Balaban J connectivity index is 2.04. The molecule has 21 heavy (non-hydrogen) atoms. The molecule has 0 aliphatic heterocycles. The van der Waals surface area contributed by atoms with Gasteiger partial charge in [0.05, 0.1) is 4.90 Å². The van der Waals surface area contributed by atoms with Crippen LogP contribution in [0.2, 0.25) is 0 Å². The van der Waals surface area contributed by atoms with Crippen LogP contribution in [0.5, 0.6) is 0 Å². The molecule has 0 fully saturated rings. The van der Waals surface area contributed by atoms with Crippen molar-refractivity contribution in [3.63, 3.8) is 0 Å². The van der Waals surface area contributed by atoms with E-state index in [0.29, 0.717) is 11.4 Å². The van der Waals surface area contributed by atoms with Crippen LogP contribution in [0.3, 0.4) is 0 Å². The van der Waals surface area contributed by atoms with E-state index in [1.54, 1.807) is 24.3 Å². The monoisotopic (exact) mass is 479 g/mol. The summed E-state index contributed by atoms with van der Waals surface area (Å²) in [7, 11) is -3.45. The Bertz CT molecular complexity index is 699. The van der Waals surface area contributed by atoms with Crippen LogP contribution >= 0.6 is 38.5 Å². The van der Waals surface area contributed by atoms with Gasteiger partial charge < -0.3 is 0 Å². The fourth-order valence-corrected chi connectivity index (χ4v) is 4.02. The zero-order chi connectivity index (χ0) is 15.5. The Kier molecular flexibility index (Phi) is 5.81. The summed E-state index contributed by atoms with van der Waals surface area (Å²) in [5.41, 5.74) is 2.13. The van der Waals surface area contributed by atoms with Crippen LogP contribution in [0.25, 0.3) is 0 Å². The third-order valence-electron chi connectivity index (χ3n) is 3.02. The summed E-state index contributed by atoms with van der Waals surface area (Å²) in [4.78, 5) is 0.299. The standard InChI is InChI=1S/C15H15BrINO2S/c1-11-2-8-14(9-3-11)21(19,20)18-10-15(17)12-4-6-13(16)7-5-12/h2-9,15,18H,10H2,1H3/t15-/m0/s1. The van der Waals surface area contributed by atoms with E-state index in [1.165, 1.54) is 0 Å². The molecule has 1 atom stereocenters. The van der Waals surface area contributed by atoms with Gasteiger partial charge in [-0.25, -0.2) is 13.1 Å². The molecule has 112 valence electrons. The van der Waals surface area contributed by atoms with E-state index in [-0.39, 0.29) is 3.92 Å². The van der Waals surface area contributed by atoms with E-state index in [9.17, 15) is 8.42 Å². The van der Waals surface area contributed by atoms with Crippen LogP contribution in [0.15, 0.2) is 57.9 Å². The van der Waals surface area contributed by atoms with Crippen LogP contribution in [-0.2, 0) is 10.0 Å². The van der Waals surface area contributed by atoms with Crippen LogP contribution in [-0.4, -0.2) is 15.0 Å². The van der Waals surface area contributed by atoms with Gasteiger partial charge >= 0.3 is 0 Å². The molecule has 2 aromatic rings. The van der Waals surface area contributed by atoms with Gasteiger partial charge in [0.15, 0.2) is 0 Å². The number of sulfonamides is 1. The van der Waals surface area contributed by atoms with Crippen molar-refractivity contribution in [3.05, 3.63) is 64.1 Å². The molecule has 0 unspecified atom stereocenters. The van der Waals surface area contributed by atoms with Crippen molar-refractivity contribution in [2.45, 2.75) is 15.7 Å². The van der Waals surface area contributed by atoms with Crippen molar-refractivity contribution in [1.82, 2.24) is 4.72 Å². The molecule has 0 saturated heterocycles. The normalized spacial score (nSPS) is 13.1. The molecule has 0 spiro atoms. The molecule has 0 heterocycles. The maximum atomic E-state index is 12.2. The second-order valence-electron chi connectivity index (χ2n) is 4.68. The highest BCUT2D eigenvalue weighted by Gasteiger charge is 2.16. The largest absolute Gasteiger partial charge is 0.240 e. The van der Waals surface area contributed by atoms with Crippen LogP contribution in [0.4, 0.5) is 0 Å². The third-order valence-corrected chi connectivity index (χ3v) is 6.14. The maximum absolute atomic E-state index is 12.2. The van der Waals surface area contributed by atoms with E-state index < -0.39 is 10.0 Å². The van der Waals surface area contributed by atoms with Gasteiger partial charge in [-0.05, 0) is 36.8 Å². The summed E-state index contributed by atoms with van der Waals surface area (Å²) in [6.45, 7) is 2.29. The first-order valence-electron chi connectivity index (χ1n) is 6.34. The average molecular weight is 480 g/mol. The first kappa shape index (κ1) is 16.9. The number of hydrogen-bond acceptors (Lipinski definition) is 2. The number of halogens is 2. The Morgan fingerprint density at radius 2 is 1.67 bits per heavy atom. The SMILES string of the molecule is Cc1ccc(S(=O)(=O)NC[C@H](I)c2ccc(Br)cc2)cc1. The third kappa shape index (κ3) is 4.77. The number of hydrogen-bond donors (Lipinski definition) is 1. The number of rotatable bonds is 5. The second-order valence-corrected chi connectivity index (χ2v) is 8.87. The van der Waals surface area contributed by atoms with Gasteiger partial charge in [-0.15, -0.1) is 0 Å². The summed E-state index contributed by atoms with van der Waals surface area (Å²) >= 11 is 5.63. The summed E-state index contributed by atoms with van der Waals surface area (Å²) in [5.74, 6) is 0. The zero-order valence-corrected chi connectivity index (χ0v) is 15.9. The number of benzene rings is 2. The molecular formula is C15H15BrINO2S. The molecule has 0 aromatic heterocycles. The molecular weight excluding hydrogens is 465 g/mol. The van der Waals surface area contributed by atoms with E-state index in [1.807, 2.05) is 31.2 Å². The molecule has 0 aliphatic rings. The summed E-state index contributed by atoms with van der Waals surface area (Å²) < 4.78 is 28.2. The van der Waals surface area contributed by atoms with Crippen molar-refractivity contribution < 1.29 is 8.42 Å². The molecule has 0 bridgehead atoms. The van der Waals surface area contributed by atoms with Gasteiger partial charge in [-0.1, -0.05) is 68.3 Å². The minimum Gasteiger partial charge on any atom is -0.210 e. The van der Waals surface area contributed by atoms with Crippen LogP contribution in [0, 0.1) is 6.92 Å². The van der Waals surface area contributed by atoms with E-state index in [0.717, 1.165) is 15.6 Å². The van der Waals surface area contributed by atoms with Gasteiger partial charge in [0.25, 0.3) is 0 Å². The molecule has 2 aromatic carbocycles. The minimum atomic E-state index is -3.45. The second kappa shape index (κ2) is 7.21. The van der Waals surface area contributed by atoms with E-state index >= 15 is 0 Å². The molecule has 0 saturated carbocycles. The van der Waals surface area contributed by atoms with Gasteiger partial charge in [0.1, 0.15) is 0 Å². The van der Waals surface area contributed by atoms with Crippen molar-refractivity contribution in [2.75, 3.05) is 6.54 Å². The maximum Gasteiger partial charge on any atom is 0.240 e. The van der Waals surface area contributed by atoms with Crippen molar-refractivity contribution >= 4 is 48.5 Å². The van der Waals surface area contributed by atoms with E-state index in [2.05, 4.69) is 43.2 Å². The lowest BCUT2D eigenvalue weighted by Gasteiger charge is -2.12.